The number of ether oxygens (including phenoxy) is 1. The lowest BCUT2D eigenvalue weighted by molar-refractivity contribution is -0.138. The number of carboxylic acid groups (broad SMARTS) is 1. The van der Waals surface area contributed by atoms with E-state index >= 15 is 0 Å². The molecule has 4 nitrogen and oxygen atoms in total. The first-order valence-corrected chi connectivity index (χ1v) is 6.40. The predicted molar refractivity (Wildman–Crippen MR) is 76.8 cm³/mol. The van der Waals surface area contributed by atoms with Crippen LogP contribution in [0.4, 0.5) is 0 Å². The average molecular weight is 292 g/mol. The van der Waals surface area contributed by atoms with Gasteiger partial charge in [-0.3, -0.25) is 4.79 Å². The standard InChI is InChI=1S/C15H14ClNO3/c16-12-8-11(14(17)15(18)19)6-7-13(12)20-9-10-4-2-1-3-5-10/h1-8,14H,9,17H2,(H,18,19). The minimum Gasteiger partial charge on any atom is -0.487 e. The molecule has 0 radical (unpaired) electrons. The number of rotatable bonds is 5. The second-order valence-corrected chi connectivity index (χ2v) is 4.69. The van der Waals surface area contributed by atoms with Crippen LogP contribution in [-0.2, 0) is 11.4 Å². The van der Waals surface area contributed by atoms with Gasteiger partial charge in [-0.05, 0) is 23.3 Å². The van der Waals surface area contributed by atoms with Crippen molar-refractivity contribution < 1.29 is 14.6 Å². The van der Waals surface area contributed by atoms with Crippen molar-refractivity contribution in [1.29, 1.82) is 0 Å². The monoisotopic (exact) mass is 291 g/mol. The predicted octanol–water partition coefficient (Wildman–Crippen LogP) is 3.00. The maximum absolute atomic E-state index is 10.8. The van der Waals surface area contributed by atoms with E-state index in [4.69, 9.17) is 27.2 Å². The third-order valence-corrected chi connectivity index (χ3v) is 3.11. The lowest BCUT2D eigenvalue weighted by Gasteiger charge is -2.11. The molecule has 1 atom stereocenters. The van der Waals surface area contributed by atoms with Crippen molar-refractivity contribution in [2.24, 2.45) is 5.73 Å². The summed E-state index contributed by atoms with van der Waals surface area (Å²) in [6.07, 6.45) is 0. The van der Waals surface area contributed by atoms with Crippen LogP contribution in [0.15, 0.2) is 48.5 Å². The van der Waals surface area contributed by atoms with E-state index in [1.807, 2.05) is 30.3 Å². The smallest absolute Gasteiger partial charge is 0.325 e. The van der Waals surface area contributed by atoms with Gasteiger partial charge in [0.2, 0.25) is 0 Å². The van der Waals surface area contributed by atoms with Gasteiger partial charge >= 0.3 is 5.97 Å². The zero-order valence-corrected chi connectivity index (χ0v) is 11.4. The maximum atomic E-state index is 10.8. The third kappa shape index (κ3) is 3.50. The van der Waals surface area contributed by atoms with Crippen LogP contribution in [0.25, 0.3) is 0 Å². The van der Waals surface area contributed by atoms with Crippen molar-refractivity contribution in [1.82, 2.24) is 0 Å². The largest absolute Gasteiger partial charge is 0.487 e. The van der Waals surface area contributed by atoms with E-state index in [-0.39, 0.29) is 0 Å². The van der Waals surface area contributed by atoms with Gasteiger partial charge in [-0.1, -0.05) is 48.0 Å². The van der Waals surface area contributed by atoms with Gasteiger partial charge in [0.1, 0.15) is 18.4 Å². The molecule has 0 aromatic heterocycles. The van der Waals surface area contributed by atoms with Crippen molar-refractivity contribution in [2.75, 3.05) is 0 Å². The fourth-order valence-corrected chi connectivity index (χ4v) is 1.95. The van der Waals surface area contributed by atoms with Gasteiger partial charge < -0.3 is 15.6 Å². The number of aliphatic carboxylic acids is 1. The minimum atomic E-state index is -1.10. The fraction of sp³-hybridized carbons (Fsp3) is 0.133. The van der Waals surface area contributed by atoms with Crippen LogP contribution in [0.1, 0.15) is 17.2 Å². The van der Waals surface area contributed by atoms with Gasteiger partial charge in [0.05, 0.1) is 5.02 Å². The number of hydrogen-bond donors (Lipinski definition) is 2. The van der Waals surface area contributed by atoms with Gasteiger partial charge in [0.15, 0.2) is 0 Å². The quantitative estimate of drug-likeness (QED) is 0.888. The average Bonchev–Trinajstić information content (AvgIpc) is 2.46. The van der Waals surface area contributed by atoms with E-state index in [9.17, 15) is 4.79 Å². The van der Waals surface area contributed by atoms with Crippen LogP contribution in [0.2, 0.25) is 5.02 Å². The van der Waals surface area contributed by atoms with Crippen LogP contribution in [0.5, 0.6) is 5.75 Å². The van der Waals surface area contributed by atoms with E-state index in [0.29, 0.717) is 22.9 Å². The molecular formula is C15H14ClNO3. The molecule has 2 aromatic carbocycles. The topological polar surface area (TPSA) is 72.6 Å². The summed E-state index contributed by atoms with van der Waals surface area (Å²) in [6, 6.07) is 13.3. The molecule has 0 amide bonds. The van der Waals surface area contributed by atoms with E-state index in [2.05, 4.69) is 0 Å². The zero-order chi connectivity index (χ0) is 14.5. The second-order valence-electron chi connectivity index (χ2n) is 4.28. The second kappa shape index (κ2) is 6.41. The van der Waals surface area contributed by atoms with Crippen molar-refractivity contribution in [2.45, 2.75) is 12.6 Å². The van der Waals surface area contributed by atoms with Crippen molar-refractivity contribution in [3.63, 3.8) is 0 Å². The first-order valence-electron chi connectivity index (χ1n) is 6.02. The Morgan fingerprint density at radius 2 is 1.95 bits per heavy atom. The number of carbonyl (C=O) groups is 1. The van der Waals surface area contributed by atoms with Crippen molar-refractivity contribution in [3.05, 3.63) is 64.7 Å². The lowest BCUT2D eigenvalue weighted by atomic mass is 10.1. The summed E-state index contributed by atoms with van der Waals surface area (Å²) >= 11 is 6.07. The van der Waals surface area contributed by atoms with Crippen molar-refractivity contribution in [3.8, 4) is 5.75 Å². The van der Waals surface area contributed by atoms with Crippen LogP contribution in [0.3, 0.4) is 0 Å². The molecule has 0 heterocycles. The summed E-state index contributed by atoms with van der Waals surface area (Å²) in [5.41, 5.74) is 6.99. The van der Waals surface area contributed by atoms with Crippen LogP contribution >= 0.6 is 11.6 Å². The first-order chi connectivity index (χ1) is 9.58. The molecule has 2 rings (SSSR count). The minimum absolute atomic E-state index is 0.343. The highest BCUT2D eigenvalue weighted by Crippen LogP contribution is 2.28. The number of hydrogen-bond acceptors (Lipinski definition) is 3. The molecule has 0 aliphatic heterocycles. The Morgan fingerprint density at radius 1 is 1.25 bits per heavy atom. The maximum Gasteiger partial charge on any atom is 0.325 e. The summed E-state index contributed by atoms with van der Waals surface area (Å²) < 4.78 is 5.60. The molecule has 104 valence electrons. The van der Waals surface area contributed by atoms with Crippen LogP contribution in [-0.4, -0.2) is 11.1 Å². The molecule has 0 saturated heterocycles. The Balaban J connectivity index is 2.08. The normalized spacial score (nSPS) is 11.9. The summed E-state index contributed by atoms with van der Waals surface area (Å²) in [5.74, 6) is -0.601. The third-order valence-electron chi connectivity index (χ3n) is 2.82. The molecule has 0 fully saturated rings. The number of benzene rings is 2. The van der Waals surface area contributed by atoms with E-state index in [1.165, 1.54) is 6.07 Å². The highest BCUT2D eigenvalue weighted by Gasteiger charge is 2.15. The Labute approximate surface area is 121 Å². The highest BCUT2D eigenvalue weighted by atomic mass is 35.5. The molecule has 0 saturated carbocycles. The fourth-order valence-electron chi connectivity index (χ4n) is 1.71. The Hall–Kier alpha value is -2.04. The molecule has 0 spiro atoms. The lowest BCUT2D eigenvalue weighted by Crippen LogP contribution is -2.20. The van der Waals surface area contributed by atoms with E-state index in [0.717, 1.165) is 5.56 Å². The molecule has 2 aromatic rings. The van der Waals surface area contributed by atoms with Crippen LogP contribution in [0, 0.1) is 0 Å². The van der Waals surface area contributed by atoms with Crippen LogP contribution < -0.4 is 10.5 Å². The summed E-state index contributed by atoms with van der Waals surface area (Å²) in [4.78, 5) is 10.8. The summed E-state index contributed by atoms with van der Waals surface area (Å²) in [7, 11) is 0. The molecule has 0 bridgehead atoms. The van der Waals surface area contributed by atoms with Gasteiger partial charge in [-0.25, -0.2) is 0 Å². The molecule has 5 heteroatoms. The van der Waals surface area contributed by atoms with Gasteiger partial charge in [-0.15, -0.1) is 0 Å². The molecule has 0 aliphatic carbocycles. The Kier molecular flexibility index (Phi) is 4.61. The van der Waals surface area contributed by atoms with Gasteiger partial charge in [0, 0.05) is 0 Å². The molecule has 0 aliphatic rings. The van der Waals surface area contributed by atoms with E-state index < -0.39 is 12.0 Å². The van der Waals surface area contributed by atoms with Gasteiger partial charge in [0.25, 0.3) is 0 Å². The Bertz CT molecular complexity index is 601. The number of halogens is 1. The SMILES string of the molecule is NC(C(=O)O)c1ccc(OCc2ccccc2)c(Cl)c1. The highest BCUT2D eigenvalue weighted by molar-refractivity contribution is 6.32. The summed E-state index contributed by atoms with van der Waals surface area (Å²) in [6.45, 7) is 0.394. The number of nitrogens with two attached hydrogens (primary N) is 1. The van der Waals surface area contributed by atoms with Gasteiger partial charge in [-0.2, -0.15) is 0 Å². The molecule has 1 unspecified atom stereocenters. The molecule has 3 N–H and O–H groups in total. The van der Waals surface area contributed by atoms with Crippen molar-refractivity contribution >= 4 is 17.6 Å². The molecule has 20 heavy (non-hydrogen) atoms. The zero-order valence-electron chi connectivity index (χ0n) is 10.6. The van der Waals surface area contributed by atoms with E-state index in [1.54, 1.807) is 12.1 Å². The summed E-state index contributed by atoms with van der Waals surface area (Å²) in [5, 5.41) is 9.19. The number of carboxylic acids is 1. The molecular weight excluding hydrogens is 278 g/mol. The first kappa shape index (κ1) is 14.4. The Morgan fingerprint density at radius 3 is 2.55 bits per heavy atom.